The predicted octanol–water partition coefficient (Wildman–Crippen LogP) is 6.47. The first kappa shape index (κ1) is 62.2. The Hall–Kier alpha value is -5.36. The van der Waals surface area contributed by atoms with Crippen LogP contribution in [0.4, 0.5) is 9.59 Å². The molecular formula is C52H62CaN8O10S4. The molecule has 75 heavy (non-hydrogen) atoms. The van der Waals surface area contributed by atoms with E-state index >= 15 is 0 Å². The molecule has 0 spiro atoms. The summed E-state index contributed by atoms with van der Waals surface area (Å²) in [4.78, 5) is 57.3. The molecule has 0 atom stereocenters. The largest absolute Gasteiger partial charge is 2.00 e. The molecule has 18 nitrogen and oxygen atoms in total. The molecule has 4 aromatic carbocycles. The van der Waals surface area contributed by atoms with Crippen LogP contribution < -0.4 is 30.3 Å². The normalized spacial score (nSPS) is 11.2. The van der Waals surface area contributed by atoms with Gasteiger partial charge in [0.15, 0.2) is 0 Å². The summed E-state index contributed by atoms with van der Waals surface area (Å²) in [5.74, 6) is -1.50. The fraction of sp³-hybridized carbons (Fsp3) is 0.346. The fourth-order valence-electron chi connectivity index (χ4n) is 7.78. The van der Waals surface area contributed by atoms with Crippen LogP contribution >= 0.6 is 23.5 Å². The Bertz CT molecular complexity index is 2930. The Balaban J connectivity index is 0.000000320. The monoisotopic (exact) mass is 1130 g/mol. The summed E-state index contributed by atoms with van der Waals surface area (Å²) in [5.41, 5.74) is 3.17. The minimum atomic E-state index is -4.25. The first-order valence-corrected chi connectivity index (χ1v) is 29.5. The van der Waals surface area contributed by atoms with Crippen LogP contribution in [0.3, 0.4) is 0 Å². The zero-order valence-corrected chi connectivity index (χ0v) is 48.4. The maximum atomic E-state index is 13.3. The standard InChI is InChI=1S/2C26H32N4O5S2.Ca/c2*1-4-6-12-22-28-24(36-3)23(25(31)32)30(22)17-18-13-14-20(19-10-8-7-9-11-19)21(16-18)37(34,35)29-26(33)27-15-5-2;/h2*7-11,13-14,16H,4-6,12,15,17H2,1-3H3,(H,31,32)(H2,27,29,33);/q;;+2/p-2. The van der Waals surface area contributed by atoms with Gasteiger partial charge in [0, 0.05) is 50.1 Å². The number of carbonyl (C=O) groups is 4. The van der Waals surface area contributed by atoms with Crippen LogP contribution in [-0.4, -0.2) is 123 Å². The van der Waals surface area contributed by atoms with Crippen LogP contribution in [0.15, 0.2) is 117 Å². The number of carboxylic acids is 2. The minimum absolute atomic E-state index is 0. The van der Waals surface area contributed by atoms with Gasteiger partial charge in [0.2, 0.25) is 0 Å². The zero-order chi connectivity index (χ0) is 54.0. The Labute approximate surface area is 477 Å². The van der Waals surface area contributed by atoms with Crippen LogP contribution in [0, 0.1) is 0 Å². The minimum Gasteiger partial charge on any atom is -0.543 e. The molecule has 0 radical (unpaired) electrons. The van der Waals surface area contributed by atoms with E-state index in [0.717, 1.165) is 25.7 Å². The number of carboxylic acid groups (broad SMARTS) is 2. The van der Waals surface area contributed by atoms with Crippen molar-refractivity contribution in [2.24, 2.45) is 0 Å². The summed E-state index contributed by atoms with van der Waals surface area (Å²) in [6.07, 6.45) is 9.40. The maximum absolute atomic E-state index is 13.3. The Kier molecular flexibility index (Phi) is 24.7. The molecule has 2 heterocycles. The number of aromatic nitrogens is 4. The topological polar surface area (TPSA) is 266 Å². The molecule has 6 aromatic rings. The second-order valence-corrected chi connectivity index (χ2v) is 21.7. The molecule has 0 fully saturated rings. The van der Waals surface area contributed by atoms with Crippen molar-refractivity contribution in [2.45, 2.75) is 112 Å². The average molecular weight is 1130 g/mol. The number of thioether (sulfide) groups is 2. The van der Waals surface area contributed by atoms with Gasteiger partial charge in [-0.05, 0) is 72.6 Å². The summed E-state index contributed by atoms with van der Waals surface area (Å²) in [6.45, 7) is 8.61. The number of hydrogen-bond donors (Lipinski definition) is 4. The number of sulfonamides is 2. The Morgan fingerprint density at radius 1 is 0.547 bits per heavy atom. The van der Waals surface area contributed by atoms with Crippen LogP contribution in [0.25, 0.3) is 22.3 Å². The summed E-state index contributed by atoms with van der Waals surface area (Å²) >= 11 is 2.44. The van der Waals surface area contributed by atoms with Gasteiger partial charge in [0.1, 0.15) is 21.7 Å². The number of carbonyl (C=O) groups excluding carboxylic acids is 4. The Morgan fingerprint density at radius 2 is 0.907 bits per heavy atom. The first-order chi connectivity index (χ1) is 35.4. The van der Waals surface area contributed by atoms with Gasteiger partial charge in [0.25, 0.3) is 20.0 Å². The van der Waals surface area contributed by atoms with Gasteiger partial charge >= 0.3 is 49.8 Å². The van der Waals surface area contributed by atoms with Crippen molar-refractivity contribution in [1.29, 1.82) is 0 Å². The van der Waals surface area contributed by atoms with Crippen molar-refractivity contribution >= 4 is 105 Å². The summed E-state index contributed by atoms with van der Waals surface area (Å²) in [6, 6.07) is 26.1. The molecule has 0 aliphatic heterocycles. The molecule has 6 rings (SSSR count). The van der Waals surface area contributed by atoms with Crippen LogP contribution in [0.2, 0.25) is 0 Å². The summed E-state index contributed by atoms with van der Waals surface area (Å²) in [7, 11) is -8.51. The third-order valence-electron chi connectivity index (χ3n) is 11.4. The number of unbranched alkanes of at least 4 members (excludes halogenated alkanes) is 2. The summed E-state index contributed by atoms with van der Waals surface area (Å²) in [5, 5.41) is 29.8. The Morgan fingerprint density at radius 3 is 1.21 bits per heavy atom. The van der Waals surface area contributed by atoms with E-state index in [4.69, 9.17) is 0 Å². The quantitative estimate of drug-likeness (QED) is 0.0374. The average Bonchev–Trinajstić information content (AvgIpc) is 3.93. The number of urea groups is 2. The molecule has 2 aromatic heterocycles. The smallest absolute Gasteiger partial charge is 0.543 e. The van der Waals surface area contributed by atoms with Gasteiger partial charge in [0.05, 0.1) is 33.1 Å². The van der Waals surface area contributed by atoms with Crippen molar-refractivity contribution in [2.75, 3.05) is 25.6 Å². The van der Waals surface area contributed by atoms with Crippen LogP contribution in [-0.2, 0) is 46.0 Å². The SMILES string of the molecule is CCCCc1nc(SC)c(C(=O)[O-])n1Cc1ccc(-c2ccccc2)c(S(=O)(=O)NC(=O)NCCC)c1.CCCCc1nc(SC)c(C(=O)[O-])n1Cc1ccc(-c2ccccc2)c(S(=O)(=O)NC(=O)NCCC)c1.[Ca+2]. The van der Waals surface area contributed by atoms with E-state index in [-0.39, 0.29) is 72.0 Å². The predicted molar refractivity (Wildman–Crippen MR) is 290 cm³/mol. The molecule has 0 saturated carbocycles. The van der Waals surface area contributed by atoms with Crippen molar-refractivity contribution < 1.29 is 46.2 Å². The second-order valence-electron chi connectivity index (χ2n) is 16.8. The maximum Gasteiger partial charge on any atom is 2.00 e. The van der Waals surface area contributed by atoms with E-state index in [1.807, 2.05) is 39.8 Å². The van der Waals surface area contributed by atoms with E-state index < -0.39 is 44.0 Å². The number of nitrogens with one attached hydrogen (secondary N) is 4. The molecule has 23 heteroatoms. The van der Waals surface area contributed by atoms with Crippen LogP contribution in [0.1, 0.15) is 110 Å². The van der Waals surface area contributed by atoms with E-state index in [0.29, 0.717) is 93.9 Å². The van der Waals surface area contributed by atoms with Gasteiger partial charge in [-0.15, -0.1) is 23.5 Å². The third kappa shape index (κ3) is 16.8. The number of aromatic carboxylic acids is 2. The van der Waals surface area contributed by atoms with Gasteiger partial charge in [-0.25, -0.2) is 45.8 Å². The number of benzene rings is 4. The molecule has 0 saturated heterocycles. The number of amides is 4. The van der Waals surface area contributed by atoms with Gasteiger partial charge < -0.3 is 39.6 Å². The van der Waals surface area contributed by atoms with Crippen LogP contribution in [0.5, 0.6) is 0 Å². The molecule has 0 unspecified atom stereocenters. The van der Waals surface area contributed by atoms with Gasteiger partial charge in [-0.3, -0.25) is 0 Å². The van der Waals surface area contributed by atoms with Crippen molar-refractivity contribution in [3.05, 3.63) is 131 Å². The van der Waals surface area contributed by atoms with E-state index in [1.54, 1.807) is 94.4 Å². The number of aryl methyl sites for hydroxylation is 2. The molecule has 0 bridgehead atoms. The third-order valence-corrected chi connectivity index (χ3v) is 15.4. The molecule has 396 valence electrons. The van der Waals surface area contributed by atoms with E-state index in [2.05, 4.69) is 30.0 Å². The molecule has 4 N–H and O–H groups in total. The van der Waals surface area contributed by atoms with Crippen molar-refractivity contribution in [1.82, 2.24) is 39.2 Å². The summed E-state index contributed by atoms with van der Waals surface area (Å²) < 4.78 is 60.7. The zero-order valence-electron chi connectivity index (χ0n) is 42.9. The molecule has 4 amide bonds. The van der Waals surface area contributed by atoms with Gasteiger partial charge in [-0.2, -0.15) is 0 Å². The number of imidazole rings is 2. The molecule has 0 aliphatic carbocycles. The number of rotatable bonds is 24. The molecular weight excluding hydrogens is 1060 g/mol. The first-order valence-electron chi connectivity index (χ1n) is 24.1. The van der Waals surface area contributed by atoms with E-state index in [9.17, 15) is 46.2 Å². The second kappa shape index (κ2) is 29.8. The molecule has 0 aliphatic rings. The number of hydrogen-bond acceptors (Lipinski definition) is 14. The van der Waals surface area contributed by atoms with Crippen molar-refractivity contribution in [3.8, 4) is 22.3 Å². The fourth-order valence-corrected chi connectivity index (χ4v) is 11.4. The van der Waals surface area contributed by atoms with Crippen molar-refractivity contribution in [3.63, 3.8) is 0 Å². The van der Waals surface area contributed by atoms with Gasteiger partial charge in [-0.1, -0.05) is 125 Å². The number of nitrogens with zero attached hydrogens (tertiary/aromatic N) is 4. The van der Waals surface area contributed by atoms with E-state index in [1.165, 1.54) is 35.7 Å².